The molecule has 152 valence electrons. The first-order valence-corrected chi connectivity index (χ1v) is 9.87. The molecule has 1 aromatic rings. The molecular weight excluding hydrogens is 342 g/mol. The first-order valence-electron chi connectivity index (χ1n) is 9.87. The molecule has 6 nitrogen and oxygen atoms in total. The average molecular weight is 378 g/mol. The Balaban J connectivity index is 1.83. The van der Waals surface area contributed by atoms with E-state index in [-0.39, 0.29) is 18.2 Å². The number of carbonyl (C=O) groups excluding carboxylic acids is 1. The number of hydrogen-bond donors (Lipinski definition) is 1. The molecule has 1 aromatic carbocycles. The molecule has 0 aromatic heterocycles. The molecular formula is C21H35N3O3. The van der Waals surface area contributed by atoms with Gasteiger partial charge in [-0.2, -0.15) is 0 Å². The molecule has 0 bridgehead atoms. The van der Waals surface area contributed by atoms with Crippen molar-refractivity contribution < 1.29 is 14.3 Å². The van der Waals surface area contributed by atoms with E-state index in [1.54, 1.807) is 0 Å². The van der Waals surface area contributed by atoms with E-state index in [0.29, 0.717) is 25.7 Å². The lowest BCUT2D eigenvalue weighted by Gasteiger charge is -2.39. The monoisotopic (exact) mass is 377 g/mol. The number of benzene rings is 1. The van der Waals surface area contributed by atoms with Crippen molar-refractivity contribution in [3.63, 3.8) is 0 Å². The van der Waals surface area contributed by atoms with E-state index < -0.39 is 0 Å². The summed E-state index contributed by atoms with van der Waals surface area (Å²) in [4.78, 5) is 16.8. The Morgan fingerprint density at radius 2 is 2.15 bits per heavy atom. The Labute approximate surface area is 163 Å². The maximum atomic E-state index is 12.7. The van der Waals surface area contributed by atoms with E-state index in [9.17, 15) is 4.79 Å². The Kier molecular flexibility index (Phi) is 8.54. The van der Waals surface area contributed by atoms with Crippen LogP contribution in [-0.4, -0.2) is 68.4 Å². The predicted molar refractivity (Wildman–Crippen MR) is 109 cm³/mol. The zero-order valence-electron chi connectivity index (χ0n) is 17.4. The molecule has 1 aliphatic rings. The van der Waals surface area contributed by atoms with E-state index in [0.717, 1.165) is 30.8 Å². The van der Waals surface area contributed by atoms with Crippen molar-refractivity contribution in [1.29, 1.82) is 0 Å². The van der Waals surface area contributed by atoms with E-state index >= 15 is 0 Å². The number of urea groups is 1. The van der Waals surface area contributed by atoms with Gasteiger partial charge in [0.1, 0.15) is 0 Å². The summed E-state index contributed by atoms with van der Waals surface area (Å²) in [5, 5.41) is 3.02. The van der Waals surface area contributed by atoms with Crippen molar-refractivity contribution in [3.8, 4) is 0 Å². The number of likely N-dealkylation sites (tertiary alicyclic amines) is 1. The lowest BCUT2D eigenvalue weighted by molar-refractivity contribution is 0.0143. The van der Waals surface area contributed by atoms with Gasteiger partial charge in [0.2, 0.25) is 0 Å². The highest BCUT2D eigenvalue weighted by Gasteiger charge is 2.29. The summed E-state index contributed by atoms with van der Waals surface area (Å²) in [7, 11) is 4.03. The minimum atomic E-state index is -0.0557. The summed E-state index contributed by atoms with van der Waals surface area (Å²) < 4.78 is 11.1. The zero-order valence-corrected chi connectivity index (χ0v) is 17.4. The molecule has 6 heteroatoms. The Bertz CT molecular complexity index is 594. The summed E-state index contributed by atoms with van der Waals surface area (Å²) in [5.74, 6) is 0.465. The van der Waals surface area contributed by atoms with E-state index in [2.05, 4.69) is 24.2 Å². The SMILES string of the molecule is CC(C)OCCOCc1cccc(NC(=O)N(C)[C@@H]2CCN(C)C[C@H]2C)c1. The number of hydrogen-bond acceptors (Lipinski definition) is 4. The minimum absolute atomic E-state index is 0.0557. The van der Waals surface area contributed by atoms with Gasteiger partial charge in [-0.15, -0.1) is 0 Å². The minimum Gasteiger partial charge on any atom is -0.376 e. The van der Waals surface area contributed by atoms with E-state index in [4.69, 9.17) is 9.47 Å². The van der Waals surface area contributed by atoms with E-state index in [1.165, 1.54) is 0 Å². The third-order valence-corrected chi connectivity index (χ3v) is 5.01. The van der Waals surface area contributed by atoms with Gasteiger partial charge in [0, 0.05) is 25.3 Å². The smallest absolute Gasteiger partial charge is 0.321 e. The van der Waals surface area contributed by atoms with Crippen LogP contribution in [0.5, 0.6) is 0 Å². The molecule has 1 heterocycles. The third-order valence-electron chi connectivity index (χ3n) is 5.01. The number of amides is 2. The fourth-order valence-electron chi connectivity index (χ4n) is 3.55. The van der Waals surface area contributed by atoms with Crippen LogP contribution < -0.4 is 5.32 Å². The molecule has 0 aliphatic carbocycles. The van der Waals surface area contributed by atoms with Crippen LogP contribution in [0.2, 0.25) is 0 Å². The number of anilines is 1. The lowest BCUT2D eigenvalue weighted by atomic mass is 9.93. The van der Waals surface area contributed by atoms with Gasteiger partial charge in [-0.25, -0.2) is 4.79 Å². The zero-order chi connectivity index (χ0) is 19.8. The summed E-state index contributed by atoms with van der Waals surface area (Å²) in [5.41, 5.74) is 1.83. The van der Waals surface area contributed by atoms with Gasteiger partial charge in [0.25, 0.3) is 0 Å². The lowest BCUT2D eigenvalue weighted by Crippen LogP contribution is -2.50. The van der Waals surface area contributed by atoms with Gasteiger partial charge >= 0.3 is 6.03 Å². The maximum Gasteiger partial charge on any atom is 0.321 e. The molecule has 2 rings (SSSR count). The standard InChI is InChI=1S/C21H35N3O3/c1-16(2)27-12-11-26-15-18-7-6-8-19(13-18)22-21(25)24(5)20-9-10-23(4)14-17(20)3/h6-8,13,16-17,20H,9-12,14-15H2,1-5H3,(H,22,25)/t17-,20-/m1/s1. The second-order valence-corrected chi connectivity index (χ2v) is 7.81. The second kappa shape index (κ2) is 10.6. The highest BCUT2D eigenvalue weighted by Crippen LogP contribution is 2.21. The van der Waals surface area contributed by atoms with Crippen molar-refractivity contribution in [2.45, 2.75) is 45.9 Å². The molecule has 0 radical (unpaired) electrons. The summed E-state index contributed by atoms with van der Waals surface area (Å²) >= 11 is 0. The van der Waals surface area contributed by atoms with Crippen LogP contribution >= 0.6 is 0 Å². The van der Waals surface area contributed by atoms with Gasteiger partial charge in [0.05, 0.1) is 25.9 Å². The number of carbonyl (C=O) groups is 1. The molecule has 2 atom stereocenters. The van der Waals surface area contributed by atoms with Gasteiger partial charge in [-0.3, -0.25) is 0 Å². The van der Waals surface area contributed by atoms with Crippen molar-refractivity contribution in [3.05, 3.63) is 29.8 Å². The molecule has 1 aliphatic heterocycles. The Morgan fingerprint density at radius 3 is 2.85 bits per heavy atom. The normalized spacial score (nSPS) is 20.7. The fraction of sp³-hybridized carbons (Fsp3) is 0.667. The largest absolute Gasteiger partial charge is 0.376 e. The number of piperidine rings is 1. The van der Waals surface area contributed by atoms with Crippen molar-refractivity contribution in [2.24, 2.45) is 5.92 Å². The molecule has 1 saturated heterocycles. The number of ether oxygens (including phenoxy) is 2. The number of rotatable bonds is 8. The van der Waals surface area contributed by atoms with E-state index in [1.807, 2.05) is 50.1 Å². The number of nitrogens with one attached hydrogen (secondary N) is 1. The Hall–Kier alpha value is -1.63. The maximum absolute atomic E-state index is 12.7. The Morgan fingerprint density at radius 1 is 1.37 bits per heavy atom. The van der Waals surface area contributed by atoms with Gasteiger partial charge in [-0.05, 0) is 57.5 Å². The topological polar surface area (TPSA) is 54.0 Å². The van der Waals surface area contributed by atoms with Crippen LogP contribution in [0.3, 0.4) is 0 Å². The van der Waals surface area contributed by atoms with Crippen LogP contribution in [0.4, 0.5) is 10.5 Å². The van der Waals surface area contributed by atoms with Gasteiger partial charge in [-0.1, -0.05) is 19.1 Å². The first-order chi connectivity index (χ1) is 12.9. The molecule has 2 amide bonds. The summed E-state index contributed by atoms with van der Waals surface area (Å²) in [6.45, 7) is 9.94. The molecule has 0 saturated carbocycles. The average Bonchev–Trinajstić information content (AvgIpc) is 2.61. The van der Waals surface area contributed by atoms with Gasteiger partial charge in [0.15, 0.2) is 0 Å². The predicted octanol–water partition coefficient (Wildman–Crippen LogP) is 3.43. The van der Waals surface area contributed by atoms with Crippen LogP contribution in [0, 0.1) is 5.92 Å². The first kappa shape index (κ1) is 21.7. The molecule has 0 unspecified atom stereocenters. The third kappa shape index (κ3) is 7.13. The summed E-state index contributed by atoms with van der Waals surface area (Å²) in [6, 6.07) is 8.04. The van der Waals surface area contributed by atoms with Crippen molar-refractivity contribution in [1.82, 2.24) is 9.80 Å². The fourth-order valence-corrected chi connectivity index (χ4v) is 3.55. The second-order valence-electron chi connectivity index (χ2n) is 7.81. The molecule has 1 fully saturated rings. The highest BCUT2D eigenvalue weighted by molar-refractivity contribution is 5.89. The highest BCUT2D eigenvalue weighted by atomic mass is 16.5. The molecule has 0 spiro atoms. The van der Waals surface area contributed by atoms with Crippen molar-refractivity contribution in [2.75, 3.05) is 45.7 Å². The van der Waals surface area contributed by atoms with Crippen LogP contribution in [0.15, 0.2) is 24.3 Å². The van der Waals surface area contributed by atoms with Crippen molar-refractivity contribution >= 4 is 11.7 Å². The molecule has 27 heavy (non-hydrogen) atoms. The van der Waals surface area contributed by atoms with Gasteiger partial charge < -0.3 is 24.6 Å². The molecule has 1 N–H and O–H groups in total. The van der Waals surface area contributed by atoms with Crippen LogP contribution in [0.25, 0.3) is 0 Å². The number of nitrogens with zero attached hydrogens (tertiary/aromatic N) is 2. The van der Waals surface area contributed by atoms with Crippen LogP contribution in [0.1, 0.15) is 32.8 Å². The summed E-state index contributed by atoms with van der Waals surface area (Å²) in [6.07, 6.45) is 1.23. The quantitative estimate of drug-likeness (QED) is 0.705. The van der Waals surface area contributed by atoms with Crippen LogP contribution in [-0.2, 0) is 16.1 Å².